The minimum Gasteiger partial charge on any atom is -0.335 e. The maximum absolute atomic E-state index is 12.4. The molecule has 0 saturated heterocycles. The highest BCUT2D eigenvalue weighted by Gasteiger charge is 2.24. The molecule has 25 heavy (non-hydrogen) atoms. The van der Waals surface area contributed by atoms with Gasteiger partial charge >= 0.3 is 0 Å². The molecule has 1 N–H and O–H groups in total. The van der Waals surface area contributed by atoms with Crippen LogP contribution in [-0.4, -0.2) is 18.2 Å². The molecule has 6 heteroatoms. The zero-order valence-corrected chi connectivity index (χ0v) is 15.4. The molecule has 2 aromatic rings. The van der Waals surface area contributed by atoms with Crippen LogP contribution >= 0.6 is 23.4 Å². The van der Waals surface area contributed by atoms with Gasteiger partial charge in [0.1, 0.15) is 0 Å². The Morgan fingerprint density at radius 2 is 2.04 bits per heavy atom. The number of allylic oxidation sites excluding steroid dienone is 1. The lowest BCUT2D eigenvalue weighted by molar-refractivity contribution is -0.112. The summed E-state index contributed by atoms with van der Waals surface area (Å²) < 4.78 is 0. The van der Waals surface area contributed by atoms with E-state index in [4.69, 9.17) is 11.6 Å². The second kappa shape index (κ2) is 7.33. The number of amides is 1. The number of nitrogens with one attached hydrogen (secondary N) is 1. The summed E-state index contributed by atoms with van der Waals surface area (Å²) in [5.41, 5.74) is 2.20. The van der Waals surface area contributed by atoms with E-state index in [1.165, 1.54) is 0 Å². The van der Waals surface area contributed by atoms with Gasteiger partial charge in [-0.3, -0.25) is 9.59 Å². The summed E-state index contributed by atoms with van der Waals surface area (Å²) in [6, 6.07) is 12.6. The summed E-state index contributed by atoms with van der Waals surface area (Å²) in [6.07, 6.45) is 1.64. The van der Waals surface area contributed by atoms with Gasteiger partial charge in [0.15, 0.2) is 5.78 Å². The number of benzene rings is 2. The summed E-state index contributed by atoms with van der Waals surface area (Å²) in [6.45, 7) is 4.31. The van der Waals surface area contributed by atoms with Gasteiger partial charge in [-0.2, -0.15) is 0 Å². The Bertz CT molecular complexity index is 879. The van der Waals surface area contributed by atoms with E-state index in [1.807, 2.05) is 25.1 Å². The van der Waals surface area contributed by atoms with Gasteiger partial charge in [-0.25, -0.2) is 0 Å². The zero-order chi connectivity index (χ0) is 18.0. The number of rotatable bonds is 4. The Morgan fingerprint density at radius 1 is 1.24 bits per heavy atom. The molecule has 2 aromatic carbocycles. The predicted octanol–water partition coefficient (Wildman–Crippen LogP) is 4.95. The molecule has 4 nitrogen and oxygen atoms in total. The Morgan fingerprint density at radius 3 is 2.72 bits per heavy atom. The van der Waals surface area contributed by atoms with Crippen LogP contribution in [0.4, 0.5) is 11.4 Å². The normalized spacial score (nSPS) is 14.5. The highest BCUT2D eigenvalue weighted by molar-refractivity contribution is 8.03. The fraction of sp³-hybridized carbons (Fsp3) is 0.158. The fourth-order valence-electron chi connectivity index (χ4n) is 2.62. The molecule has 0 spiro atoms. The molecule has 0 fully saturated rings. The van der Waals surface area contributed by atoms with Gasteiger partial charge in [-0.1, -0.05) is 29.4 Å². The number of hydrogen-bond acceptors (Lipinski definition) is 4. The smallest absolute Gasteiger partial charge is 0.255 e. The first-order valence-corrected chi connectivity index (χ1v) is 9.06. The van der Waals surface area contributed by atoms with Crippen molar-refractivity contribution >= 4 is 46.4 Å². The second-order valence-corrected chi connectivity index (χ2v) is 7.09. The molecule has 128 valence electrons. The first-order valence-electron chi connectivity index (χ1n) is 7.86. The molecule has 0 atom stereocenters. The average Bonchev–Trinajstić information content (AvgIpc) is 2.90. The fourth-order valence-corrected chi connectivity index (χ4v) is 4.01. The van der Waals surface area contributed by atoms with Crippen molar-refractivity contribution < 1.29 is 9.59 Å². The van der Waals surface area contributed by atoms with Crippen LogP contribution in [0.5, 0.6) is 0 Å². The van der Waals surface area contributed by atoms with Crippen molar-refractivity contribution in [2.75, 3.05) is 16.8 Å². The van der Waals surface area contributed by atoms with E-state index in [1.54, 1.807) is 49.0 Å². The molecule has 0 aliphatic carbocycles. The molecular formula is C19H17ClN2O2S. The molecule has 1 amide bonds. The highest BCUT2D eigenvalue weighted by atomic mass is 35.5. The van der Waals surface area contributed by atoms with Crippen molar-refractivity contribution in [3.05, 3.63) is 64.2 Å². The molecule has 1 aliphatic rings. The van der Waals surface area contributed by atoms with Crippen molar-refractivity contribution in [1.29, 1.82) is 0 Å². The third-order valence-electron chi connectivity index (χ3n) is 3.72. The third-order valence-corrected chi connectivity index (χ3v) is 5.07. The van der Waals surface area contributed by atoms with Crippen LogP contribution in [0.2, 0.25) is 5.02 Å². The van der Waals surface area contributed by atoms with Gasteiger partial charge in [-0.15, -0.1) is 0 Å². The Balaban J connectivity index is 1.85. The zero-order valence-electron chi connectivity index (χ0n) is 13.9. The molecule has 0 bridgehead atoms. The molecular weight excluding hydrogens is 356 g/mol. The summed E-state index contributed by atoms with van der Waals surface area (Å²) >= 11 is 7.50. The van der Waals surface area contributed by atoms with Crippen LogP contribution in [0, 0.1) is 0 Å². The summed E-state index contributed by atoms with van der Waals surface area (Å²) in [5.74, 6) is -0.195. The lowest BCUT2D eigenvalue weighted by atomic mass is 10.2. The number of thioether (sulfide) groups is 1. The van der Waals surface area contributed by atoms with E-state index < -0.39 is 0 Å². The molecule has 0 unspecified atom stereocenters. The number of ketones is 1. The Hall–Kier alpha value is -2.24. The number of nitrogens with zero attached hydrogens (tertiary/aromatic N) is 1. The molecule has 0 saturated carbocycles. The van der Waals surface area contributed by atoms with Crippen molar-refractivity contribution in [2.45, 2.75) is 18.7 Å². The van der Waals surface area contributed by atoms with Crippen LogP contribution in [0.25, 0.3) is 0 Å². The molecule has 1 aliphatic heterocycles. The van der Waals surface area contributed by atoms with Gasteiger partial charge in [0, 0.05) is 33.8 Å². The lowest BCUT2D eigenvalue weighted by Gasteiger charge is -2.18. The number of anilines is 2. The van der Waals surface area contributed by atoms with Crippen molar-refractivity contribution in [3.8, 4) is 0 Å². The molecule has 0 aromatic heterocycles. The summed E-state index contributed by atoms with van der Waals surface area (Å²) in [5, 5.41) is 4.32. The number of fused-ring (bicyclic) bond motifs is 1. The number of carbonyl (C=O) groups is 2. The van der Waals surface area contributed by atoms with Crippen LogP contribution in [0.1, 0.15) is 24.2 Å². The minimum absolute atomic E-state index is 0.0169. The van der Waals surface area contributed by atoms with E-state index in [-0.39, 0.29) is 11.7 Å². The third kappa shape index (κ3) is 3.89. The molecule has 1 heterocycles. The van der Waals surface area contributed by atoms with Gasteiger partial charge in [0.2, 0.25) is 0 Å². The van der Waals surface area contributed by atoms with Gasteiger partial charge in [-0.05, 0) is 50.2 Å². The van der Waals surface area contributed by atoms with Crippen molar-refractivity contribution in [2.24, 2.45) is 0 Å². The van der Waals surface area contributed by atoms with Crippen LogP contribution in [0.3, 0.4) is 0 Å². The first-order chi connectivity index (χ1) is 12.0. The standard InChI is InChI=1S/C19H17ClN2O2S/c1-3-22-16-11-15(7-8-17(16)25-18(22)9-12(2)23)21-19(24)13-5-4-6-14(20)10-13/h4-11H,3H2,1-2H3,(H,21,24)/b18-9-. The van der Waals surface area contributed by atoms with E-state index in [0.29, 0.717) is 16.3 Å². The predicted molar refractivity (Wildman–Crippen MR) is 103 cm³/mol. The SMILES string of the molecule is CCN1/C(=C/C(C)=O)Sc2ccc(NC(=O)c3cccc(Cl)c3)cc21. The van der Waals surface area contributed by atoms with Gasteiger partial charge in [0.05, 0.1) is 10.7 Å². The number of hydrogen-bond donors (Lipinski definition) is 1. The van der Waals surface area contributed by atoms with Crippen molar-refractivity contribution in [1.82, 2.24) is 0 Å². The summed E-state index contributed by atoms with van der Waals surface area (Å²) in [4.78, 5) is 26.9. The van der Waals surface area contributed by atoms with Gasteiger partial charge < -0.3 is 10.2 Å². The Kier molecular flexibility index (Phi) is 5.16. The molecule has 3 rings (SSSR count). The largest absolute Gasteiger partial charge is 0.335 e. The quantitative estimate of drug-likeness (QED) is 0.771. The second-order valence-electron chi connectivity index (χ2n) is 5.59. The number of carbonyl (C=O) groups excluding carboxylic acids is 2. The maximum Gasteiger partial charge on any atom is 0.255 e. The molecule has 0 radical (unpaired) electrons. The van der Waals surface area contributed by atoms with Gasteiger partial charge in [0.25, 0.3) is 5.91 Å². The minimum atomic E-state index is -0.212. The first kappa shape index (κ1) is 17.6. The highest BCUT2D eigenvalue weighted by Crippen LogP contribution is 2.46. The van der Waals surface area contributed by atoms with E-state index in [9.17, 15) is 9.59 Å². The van der Waals surface area contributed by atoms with E-state index >= 15 is 0 Å². The number of halogens is 1. The topological polar surface area (TPSA) is 49.4 Å². The lowest BCUT2D eigenvalue weighted by Crippen LogP contribution is -2.18. The maximum atomic E-state index is 12.4. The monoisotopic (exact) mass is 372 g/mol. The Labute approximate surface area is 155 Å². The average molecular weight is 373 g/mol. The van der Waals surface area contributed by atoms with Crippen LogP contribution in [-0.2, 0) is 4.79 Å². The van der Waals surface area contributed by atoms with Crippen LogP contribution < -0.4 is 10.2 Å². The van der Waals surface area contributed by atoms with E-state index in [2.05, 4.69) is 10.2 Å². The van der Waals surface area contributed by atoms with E-state index in [0.717, 1.165) is 22.2 Å². The van der Waals surface area contributed by atoms with Crippen LogP contribution in [0.15, 0.2) is 58.5 Å². The summed E-state index contributed by atoms with van der Waals surface area (Å²) in [7, 11) is 0. The van der Waals surface area contributed by atoms with Crippen molar-refractivity contribution in [3.63, 3.8) is 0 Å².